The minimum absolute atomic E-state index is 0.215. The molecule has 0 aliphatic rings. The number of benzene rings is 2. The summed E-state index contributed by atoms with van der Waals surface area (Å²) in [6.07, 6.45) is 0. The highest BCUT2D eigenvalue weighted by Crippen LogP contribution is 2.20. The van der Waals surface area contributed by atoms with Gasteiger partial charge in [0, 0.05) is 18.3 Å². The molecule has 118 valence electrons. The maximum absolute atomic E-state index is 12.9. The van der Waals surface area contributed by atoms with E-state index in [1.54, 1.807) is 13.8 Å². The number of anilines is 2. The molecule has 6 heteroatoms. The third-order valence-electron chi connectivity index (χ3n) is 3.38. The summed E-state index contributed by atoms with van der Waals surface area (Å²) >= 11 is 0. The van der Waals surface area contributed by atoms with Crippen molar-refractivity contribution in [2.75, 3.05) is 10.6 Å². The average molecular weight is 313 g/mol. The van der Waals surface area contributed by atoms with Crippen molar-refractivity contribution in [1.29, 1.82) is 0 Å². The van der Waals surface area contributed by atoms with Crippen LogP contribution in [0, 0.1) is 12.7 Å². The van der Waals surface area contributed by atoms with Gasteiger partial charge < -0.3 is 15.1 Å². The Balaban J connectivity index is 1.67. The molecule has 1 heterocycles. The first kappa shape index (κ1) is 15.0. The Morgan fingerprint density at radius 2 is 1.87 bits per heavy atom. The van der Waals surface area contributed by atoms with E-state index in [0.717, 1.165) is 11.2 Å². The van der Waals surface area contributed by atoms with Crippen molar-refractivity contribution in [3.05, 3.63) is 54.2 Å². The number of hydrogen-bond donors (Lipinski definition) is 2. The van der Waals surface area contributed by atoms with Crippen molar-refractivity contribution in [3.8, 4) is 0 Å². The topological polar surface area (TPSA) is 67.2 Å². The van der Waals surface area contributed by atoms with Gasteiger partial charge in [0.1, 0.15) is 17.4 Å². The molecule has 1 unspecified atom stereocenters. The number of halogens is 1. The number of aromatic nitrogens is 1. The average Bonchev–Trinajstić information content (AvgIpc) is 2.88. The Morgan fingerprint density at radius 3 is 2.61 bits per heavy atom. The molecule has 1 amide bonds. The highest BCUT2D eigenvalue weighted by molar-refractivity contribution is 5.96. The molecule has 2 N–H and O–H groups in total. The fourth-order valence-corrected chi connectivity index (χ4v) is 2.23. The summed E-state index contributed by atoms with van der Waals surface area (Å²) in [6.45, 7) is 3.53. The van der Waals surface area contributed by atoms with Crippen molar-refractivity contribution < 1.29 is 13.6 Å². The van der Waals surface area contributed by atoms with Crippen molar-refractivity contribution in [2.24, 2.45) is 0 Å². The van der Waals surface area contributed by atoms with Gasteiger partial charge in [-0.25, -0.2) is 9.37 Å². The lowest BCUT2D eigenvalue weighted by Crippen LogP contribution is -2.31. The maximum Gasteiger partial charge on any atom is 0.246 e. The highest BCUT2D eigenvalue weighted by atomic mass is 19.1. The van der Waals surface area contributed by atoms with E-state index in [9.17, 15) is 9.18 Å². The van der Waals surface area contributed by atoms with Crippen LogP contribution in [0.2, 0.25) is 0 Å². The summed E-state index contributed by atoms with van der Waals surface area (Å²) in [5, 5.41) is 5.84. The predicted molar refractivity (Wildman–Crippen MR) is 86.9 cm³/mol. The SMILES string of the molecule is Cc1nc2cc(NC(C)C(=O)Nc3ccc(F)cc3)ccc2o1. The molecule has 0 saturated heterocycles. The van der Waals surface area contributed by atoms with Crippen LogP contribution in [0.4, 0.5) is 15.8 Å². The smallest absolute Gasteiger partial charge is 0.246 e. The van der Waals surface area contributed by atoms with E-state index < -0.39 is 6.04 Å². The zero-order valence-corrected chi connectivity index (χ0v) is 12.8. The largest absolute Gasteiger partial charge is 0.441 e. The molecule has 1 aromatic heterocycles. The zero-order chi connectivity index (χ0) is 16.4. The number of carbonyl (C=O) groups is 1. The molecule has 3 aromatic rings. The second kappa shape index (κ2) is 6.08. The van der Waals surface area contributed by atoms with E-state index in [1.807, 2.05) is 18.2 Å². The van der Waals surface area contributed by atoms with E-state index in [0.29, 0.717) is 17.2 Å². The number of fused-ring (bicyclic) bond motifs is 1. The van der Waals surface area contributed by atoms with Crippen LogP contribution in [0.1, 0.15) is 12.8 Å². The summed E-state index contributed by atoms with van der Waals surface area (Å²) in [4.78, 5) is 16.4. The number of rotatable bonds is 4. The summed E-state index contributed by atoms with van der Waals surface area (Å²) in [5.41, 5.74) is 2.76. The first-order valence-electron chi connectivity index (χ1n) is 7.21. The molecule has 3 rings (SSSR count). The van der Waals surface area contributed by atoms with E-state index in [4.69, 9.17) is 4.42 Å². The zero-order valence-electron chi connectivity index (χ0n) is 12.8. The van der Waals surface area contributed by atoms with Crippen molar-refractivity contribution >= 4 is 28.4 Å². The van der Waals surface area contributed by atoms with Gasteiger partial charge in [-0.2, -0.15) is 0 Å². The molecule has 0 saturated carbocycles. The number of carbonyl (C=O) groups excluding carboxylic acids is 1. The summed E-state index contributed by atoms with van der Waals surface area (Å²) in [6, 6.07) is 10.6. The Morgan fingerprint density at radius 1 is 1.17 bits per heavy atom. The van der Waals surface area contributed by atoms with Crippen LogP contribution in [0.25, 0.3) is 11.1 Å². The van der Waals surface area contributed by atoms with Crippen LogP contribution < -0.4 is 10.6 Å². The third-order valence-corrected chi connectivity index (χ3v) is 3.38. The second-order valence-corrected chi connectivity index (χ2v) is 5.28. The van der Waals surface area contributed by atoms with Crippen LogP contribution in [-0.4, -0.2) is 16.9 Å². The van der Waals surface area contributed by atoms with Gasteiger partial charge in [-0.05, 0) is 49.4 Å². The predicted octanol–water partition coefficient (Wildman–Crippen LogP) is 3.71. The molecular weight excluding hydrogens is 297 g/mol. The number of oxazole rings is 1. The van der Waals surface area contributed by atoms with Gasteiger partial charge >= 0.3 is 0 Å². The van der Waals surface area contributed by atoms with E-state index in [1.165, 1.54) is 24.3 Å². The lowest BCUT2D eigenvalue weighted by molar-refractivity contribution is -0.116. The number of amides is 1. The first-order valence-corrected chi connectivity index (χ1v) is 7.21. The monoisotopic (exact) mass is 313 g/mol. The fourth-order valence-electron chi connectivity index (χ4n) is 2.23. The molecule has 23 heavy (non-hydrogen) atoms. The van der Waals surface area contributed by atoms with Gasteiger partial charge in [0.25, 0.3) is 0 Å². The number of aryl methyl sites for hydroxylation is 1. The molecule has 2 aromatic carbocycles. The van der Waals surface area contributed by atoms with Gasteiger partial charge in [0.15, 0.2) is 11.5 Å². The number of hydrogen-bond acceptors (Lipinski definition) is 4. The molecule has 0 fully saturated rings. The lowest BCUT2D eigenvalue weighted by atomic mass is 10.2. The Bertz CT molecular complexity index is 843. The van der Waals surface area contributed by atoms with E-state index in [2.05, 4.69) is 15.6 Å². The molecule has 0 aliphatic heterocycles. The van der Waals surface area contributed by atoms with Crippen LogP contribution in [0.5, 0.6) is 0 Å². The number of nitrogens with one attached hydrogen (secondary N) is 2. The van der Waals surface area contributed by atoms with Crippen molar-refractivity contribution in [1.82, 2.24) is 4.98 Å². The standard InChI is InChI=1S/C17H16FN3O2/c1-10(17(22)21-13-5-3-12(18)4-6-13)19-14-7-8-16-15(9-14)20-11(2)23-16/h3-10,19H,1-2H3,(H,21,22). The molecule has 5 nitrogen and oxygen atoms in total. The van der Waals surface area contributed by atoms with Crippen LogP contribution in [0.3, 0.4) is 0 Å². The van der Waals surface area contributed by atoms with Crippen molar-refractivity contribution in [2.45, 2.75) is 19.9 Å². The van der Waals surface area contributed by atoms with Gasteiger partial charge in [0.05, 0.1) is 0 Å². The van der Waals surface area contributed by atoms with Gasteiger partial charge in [-0.3, -0.25) is 4.79 Å². The fraction of sp³-hybridized carbons (Fsp3) is 0.176. The quantitative estimate of drug-likeness (QED) is 0.770. The van der Waals surface area contributed by atoms with Crippen LogP contribution >= 0.6 is 0 Å². The summed E-state index contributed by atoms with van der Waals surface area (Å²) in [7, 11) is 0. The first-order chi connectivity index (χ1) is 11.0. The Labute approximate surface area is 132 Å². The second-order valence-electron chi connectivity index (χ2n) is 5.28. The molecule has 0 radical (unpaired) electrons. The maximum atomic E-state index is 12.9. The minimum atomic E-state index is -0.467. The molecular formula is C17H16FN3O2. The van der Waals surface area contributed by atoms with Crippen LogP contribution in [0.15, 0.2) is 46.9 Å². The molecule has 0 spiro atoms. The molecule has 0 bridgehead atoms. The molecule has 0 aliphatic carbocycles. The van der Waals surface area contributed by atoms with Gasteiger partial charge in [0.2, 0.25) is 5.91 Å². The Hall–Kier alpha value is -2.89. The highest BCUT2D eigenvalue weighted by Gasteiger charge is 2.13. The van der Waals surface area contributed by atoms with Crippen LogP contribution in [-0.2, 0) is 4.79 Å². The van der Waals surface area contributed by atoms with Gasteiger partial charge in [-0.1, -0.05) is 0 Å². The third kappa shape index (κ3) is 3.48. The molecule has 1 atom stereocenters. The Kier molecular flexibility index (Phi) is 3.97. The van der Waals surface area contributed by atoms with E-state index >= 15 is 0 Å². The van der Waals surface area contributed by atoms with E-state index in [-0.39, 0.29) is 11.7 Å². The van der Waals surface area contributed by atoms with Crippen molar-refractivity contribution in [3.63, 3.8) is 0 Å². The summed E-state index contributed by atoms with van der Waals surface area (Å²) < 4.78 is 18.3. The lowest BCUT2D eigenvalue weighted by Gasteiger charge is -2.15. The normalized spacial score (nSPS) is 12.1. The minimum Gasteiger partial charge on any atom is -0.441 e. The number of nitrogens with zero attached hydrogens (tertiary/aromatic N) is 1. The van der Waals surface area contributed by atoms with Gasteiger partial charge in [-0.15, -0.1) is 0 Å². The summed E-state index contributed by atoms with van der Waals surface area (Å²) in [5.74, 6) is 0.0395.